The lowest BCUT2D eigenvalue weighted by molar-refractivity contribution is 0.0950. The molecule has 1 amide bonds. The summed E-state index contributed by atoms with van der Waals surface area (Å²) in [5.74, 6) is 0.540. The van der Waals surface area contributed by atoms with Crippen molar-refractivity contribution in [2.45, 2.75) is 31.7 Å². The van der Waals surface area contributed by atoms with Gasteiger partial charge in [-0.2, -0.15) is 0 Å². The van der Waals surface area contributed by atoms with Gasteiger partial charge >= 0.3 is 0 Å². The van der Waals surface area contributed by atoms with Crippen LogP contribution in [0, 0.1) is 0 Å². The molecule has 6 rings (SSSR count). The van der Waals surface area contributed by atoms with Crippen LogP contribution in [-0.4, -0.2) is 77.1 Å². The Kier molecular flexibility index (Phi) is 6.34. The highest BCUT2D eigenvalue weighted by Crippen LogP contribution is 2.27. The van der Waals surface area contributed by atoms with Gasteiger partial charge in [0, 0.05) is 39.3 Å². The number of pyridine rings is 2. The largest absolute Gasteiger partial charge is 0.356 e. The third-order valence-electron chi connectivity index (χ3n) is 8.15. The van der Waals surface area contributed by atoms with Crippen LogP contribution < -0.4 is 21.0 Å². The quantitative estimate of drug-likeness (QED) is 0.422. The van der Waals surface area contributed by atoms with Gasteiger partial charge < -0.3 is 25.0 Å². The van der Waals surface area contributed by atoms with Gasteiger partial charge in [-0.05, 0) is 70.1 Å². The van der Waals surface area contributed by atoms with Crippen LogP contribution in [-0.2, 0) is 7.05 Å². The van der Waals surface area contributed by atoms with Gasteiger partial charge in [0.2, 0.25) is 5.43 Å². The average molecular weight is 502 g/mol. The van der Waals surface area contributed by atoms with Crippen molar-refractivity contribution >= 4 is 39.4 Å². The fourth-order valence-corrected chi connectivity index (χ4v) is 6.03. The Labute approximate surface area is 216 Å². The number of imidazole rings is 1. The van der Waals surface area contributed by atoms with Crippen LogP contribution in [0.1, 0.15) is 36.0 Å². The van der Waals surface area contributed by atoms with E-state index in [-0.39, 0.29) is 16.9 Å². The average Bonchev–Trinajstić information content (AvgIpc) is 3.55. The molecule has 0 saturated carbocycles. The number of hydrogen-bond acceptors (Lipinski definition) is 6. The first-order chi connectivity index (χ1) is 18.1. The van der Waals surface area contributed by atoms with E-state index < -0.39 is 0 Å². The lowest BCUT2D eigenvalue weighted by Gasteiger charge is -2.32. The molecule has 0 bridgehead atoms. The lowest BCUT2D eigenvalue weighted by atomic mass is 10.1. The van der Waals surface area contributed by atoms with Crippen molar-refractivity contribution in [2.75, 3.05) is 51.2 Å². The third-order valence-corrected chi connectivity index (χ3v) is 8.15. The van der Waals surface area contributed by atoms with Crippen LogP contribution >= 0.6 is 0 Å². The van der Waals surface area contributed by atoms with Gasteiger partial charge in [0.1, 0.15) is 17.0 Å². The van der Waals surface area contributed by atoms with Gasteiger partial charge in [0.05, 0.1) is 16.4 Å². The zero-order chi connectivity index (χ0) is 25.5. The fraction of sp³-hybridized carbons (Fsp3) is 0.464. The number of rotatable bonds is 6. The van der Waals surface area contributed by atoms with Crippen molar-refractivity contribution in [3.8, 4) is 0 Å². The predicted molar refractivity (Wildman–Crippen MR) is 148 cm³/mol. The number of likely N-dealkylation sites (tertiary alicyclic amines) is 1. The molecule has 2 N–H and O–H groups in total. The molecule has 0 atom stereocenters. The zero-order valence-corrected chi connectivity index (χ0v) is 21.7. The highest BCUT2D eigenvalue weighted by Gasteiger charge is 2.26. The van der Waals surface area contributed by atoms with Gasteiger partial charge in [0.25, 0.3) is 5.91 Å². The molecule has 194 valence electrons. The van der Waals surface area contributed by atoms with E-state index >= 15 is 0 Å². The van der Waals surface area contributed by atoms with Crippen LogP contribution in [0.5, 0.6) is 0 Å². The molecule has 3 aromatic heterocycles. The Morgan fingerprint density at radius 1 is 1.03 bits per heavy atom. The second-order valence-corrected chi connectivity index (χ2v) is 10.3. The topological polar surface area (TPSA) is 86.9 Å². The summed E-state index contributed by atoms with van der Waals surface area (Å²) in [5.41, 5.74) is 2.95. The van der Waals surface area contributed by atoms with Gasteiger partial charge in [0.15, 0.2) is 5.65 Å². The maximum Gasteiger partial charge on any atom is 0.259 e. The first-order valence-electron chi connectivity index (χ1n) is 13.4. The number of hydrogen-bond donors (Lipinski definition) is 2. The van der Waals surface area contributed by atoms with Crippen molar-refractivity contribution in [1.82, 2.24) is 29.5 Å². The van der Waals surface area contributed by atoms with Crippen LogP contribution in [0.25, 0.3) is 27.7 Å². The summed E-state index contributed by atoms with van der Waals surface area (Å²) < 4.78 is 3.93. The summed E-state index contributed by atoms with van der Waals surface area (Å²) >= 11 is 0. The number of anilines is 1. The second-order valence-electron chi connectivity index (χ2n) is 10.3. The van der Waals surface area contributed by atoms with E-state index in [1.807, 2.05) is 59.5 Å². The Morgan fingerprint density at radius 2 is 1.76 bits per heavy atom. The van der Waals surface area contributed by atoms with E-state index in [0.29, 0.717) is 29.3 Å². The number of nitrogens with one attached hydrogen (secondary N) is 2. The van der Waals surface area contributed by atoms with E-state index in [1.165, 1.54) is 12.8 Å². The number of aryl methyl sites for hydroxylation is 1. The molecule has 2 aliphatic rings. The number of benzene rings is 1. The first-order valence-corrected chi connectivity index (χ1v) is 13.4. The summed E-state index contributed by atoms with van der Waals surface area (Å²) in [6.07, 6.45) is 4.52. The van der Waals surface area contributed by atoms with Gasteiger partial charge in [-0.3, -0.25) is 14.0 Å². The van der Waals surface area contributed by atoms with Gasteiger partial charge in [-0.25, -0.2) is 4.98 Å². The van der Waals surface area contributed by atoms with Crippen molar-refractivity contribution in [3.63, 3.8) is 0 Å². The minimum Gasteiger partial charge on any atom is -0.356 e. The molecule has 2 fully saturated rings. The van der Waals surface area contributed by atoms with E-state index in [9.17, 15) is 9.59 Å². The molecule has 0 aliphatic carbocycles. The molecule has 4 aromatic rings. The van der Waals surface area contributed by atoms with Crippen molar-refractivity contribution in [3.05, 3.63) is 52.2 Å². The Morgan fingerprint density at radius 3 is 2.49 bits per heavy atom. The monoisotopic (exact) mass is 501 g/mol. The Bertz CT molecular complexity index is 1520. The highest BCUT2D eigenvalue weighted by molar-refractivity contribution is 6.05. The molecule has 9 nitrogen and oxygen atoms in total. The number of para-hydroxylation sites is 2. The van der Waals surface area contributed by atoms with Crippen LogP contribution in [0.2, 0.25) is 0 Å². The summed E-state index contributed by atoms with van der Waals surface area (Å²) in [5, 5.41) is 6.86. The molecule has 5 heterocycles. The zero-order valence-electron chi connectivity index (χ0n) is 21.7. The SMILES string of the molecule is CNC1CCN(c2ccc3c(=O)c(C(=O)NCCN4CCCC4)c4n(C)c5ccccc5n4c3n2)CC1. The molecule has 9 heteroatoms. The number of piperidine rings is 1. The van der Waals surface area contributed by atoms with Crippen LogP contribution in [0.15, 0.2) is 41.2 Å². The maximum atomic E-state index is 13.8. The van der Waals surface area contributed by atoms with E-state index in [2.05, 4.69) is 20.4 Å². The molecule has 2 saturated heterocycles. The minimum absolute atomic E-state index is 0.178. The van der Waals surface area contributed by atoms with E-state index in [4.69, 9.17) is 4.98 Å². The maximum absolute atomic E-state index is 13.8. The lowest BCUT2D eigenvalue weighted by Crippen LogP contribution is -2.41. The molecular formula is C28H35N7O2. The molecule has 0 unspecified atom stereocenters. The highest BCUT2D eigenvalue weighted by atomic mass is 16.2. The molecule has 37 heavy (non-hydrogen) atoms. The number of carbonyl (C=O) groups excluding carboxylic acids is 1. The second kappa shape index (κ2) is 9.79. The standard InChI is InChI=1S/C28H35N7O2/c1-29-19-11-16-34(17-12-19)23-10-9-20-25(36)24(27(37)30-13-18-33-14-5-6-15-33)28-32(2)21-7-3-4-8-22(21)35(28)26(20)31-23/h3-4,7-10,19,29H,5-6,11-18H2,1-2H3,(H,30,37). The number of carbonyl (C=O) groups is 1. The predicted octanol–water partition coefficient (Wildman–Crippen LogP) is 2.35. The van der Waals surface area contributed by atoms with E-state index in [0.717, 1.165) is 62.4 Å². The molecule has 1 aromatic carbocycles. The molecule has 0 radical (unpaired) electrons. The molecule has 2 aliphatic heterocycles. The van der Waals surface area contributed by atoms with Crippen LogP contribution in [0.3, 0.4) is 0 Å². The molecule has 0 spiro atoms. The van der Waals surface area contributed by atoms with Crippen molar-refractivity contribution in [2.24, 2.45) is 7.05 Å². The van der Waals surface area contributed by atoms with Crippen LogP contribution in [0.4, 0.5) is 5.82 Å². The number of fused-ring (bicyclic) bond motifs is 5. The summed E-state index contributed by atoms with van der Waals surface area (Å²) in [4.78, 5) is 37.0. The van der Waals surface area contributed by atoms with Crippen molar-refractivity contribution < 1.29 is 4.79 Å². The summed E-state index contributed by atoms with van der Waals surface area (Å²) in [7, 11) is 3.93. The number of aromatic nitrogens is 3. The number of nitrogens with zero attached hydrogens (tertiary/aromatic N) is 5. The minimum atomic E-state index is -0.326. The summed E-state index contributed by atoms with van der Waals surface area (Å²) in [6, 6.07) is 12.3. The van der Waals surface area contributed by atoms with Gasteiger partial charge in [-0.1, -0.05) is 12.1 Å². The first kappa shape index (κ1) is 23.9. The Hall–Kier alpha value is -3.43. The third kappa shape index (κ3) is 4.16. The van der Waals surface area contributed by atoms with Gasteiger partial charge in [-0.15, -0.1) is 0 Å². The Balaban J connectivity index is 1.47. The van der Waals surface area contributed by atoms with Crippen molar-refractivity contribution in [1.29, 1.82) is 0 Å². The smallest absolute Gasteiger partial charge is 0.259 e. The molecular weight excluding hydrogens is 466 g/mol. The summed E-state index contributed by atoms with van der Waals surface area (Å²) in [6.45, 7) is 5.29. The normalized spacial score (nSPS) is 17.4. The number of amides is 1. The fourth-order valence-electron chi connectivity index (χ4n) is 6.03. The van der Waals surface area contributed by atoms with E-state index in [1.54, 1.807) is 0 Å².